The van der Waals surface area contributed by atoms with Crippen molar-refractivity contribution in [2.75, 3.05) is 12.3 Å². The number of amides is 1. The number of nitrogens with one attached hydrogen (secondary N) is 1. The number of rotatable bonds is 4. The smallest absolute Gasteiger partial charge is 0.397 e. The van der Waals surface area contributed by atoms with E-state index in [2.05, 4.69) is 5.32 Å². The lowest BCUT2D eigenvalue weighted by atomic mass is 10.1. The number of halogens is 4. The molecular weight excluding hydrogens is 281 g/mol. The monoisotopic (exact) mass is 294 g/mol. The summed E-state index contributed by atoms with van der Waals surface area (Å²) >= 11 is 5.63. The van der Waals surface area contributed by atoms with E-state index in [1.165, 1.54) is 0 Å². The van der Waals surface area contributed by atoms with E-state index in [0.29, 0.717) is 12.6 Å². The van der Waals surface area contributed by atoms with Gasteiger partial charge >= 0.3 is 6.18 Å². The maximum atomic E-state index is 12.7. The van der Waals surface area contributed by atoms with E-state index in [0.717, 1.165) is 18.9 Å². The lowest BCUT2D eigenvalue weighted by molar-refractivity contribution is -0.136. The molecule has 7 heteroatoms. The zero-order valence-electron chi connectivity index (χ0n) is 10.3. The van der Waals surface area contributed by atoms with E-state index in [-0.39, 0.29) is 10.6 Å². The van der Waals surface area contributed by atoms with Crippen LogP contribution in [0.3, 0.4) is 0 Å². The van der Waals surface area contributed by atoms with Crippen LogP contribution in [0.1, 0.15) is 35.7 Å². The van der Waals surface area contributed by atoms with Crippen LogP contribution in [0, 0.1) is 0 Å². The molecule has 1 aromatic carbocycles. The second kappa shape index (κ2) is 6.14. The first-order valence-corrected chi connectivity index (χ1v) is 6.09. The second-order valence-corrected chi connectivity index (χ2v) is 4.43. The number of nitrogens with two attached hydrogens (primary N) is 1. The summed E-state index contributed by atoms with van der Waals surface area (Å²) in [6.07, 6.45) is -3.02. The molecule has 1 rings (SSSR count). The molecule has 106 valence electrons. The summed E-state index contributed by atoms with van der Waals surface area (Å²) in [7, 11) is 0. The van der Waals surface area contributed by atoms with E-state index in [4.69, 9.17) is 17.3 Å². The summed E-state index contributed by atoms with van der Waals surface area (Å²) < 4.78 is 38.1. The molecule has 1 aromatic rings. The SMILES string of the molecule is CCCCNC(=O)c1cc(Cl)c(N)c(C(F)(F)F)c1. The highest BCUT2D eigenvalue weighted by molar-refractivity contribution is 6.33. The Morgan fingerprint density at radius 1 is 1.42 bits per heavy atom. The van der Waals surface area contributed by atoms with Crippen molar-refractivity contribution in [1.29, 1.82) is 0 Å². The van der Waals surface area contributed by atoms with Crippen LogP contribution < -0.4 is 11.1 Å². The van der Waals surface area contributed by atoms with E-state index >= 15 is 0 Å². The number of anilines is 1. The molecule has 3 N–H and O–H groups in total. The van der Waals surface area contributed by atoms with Gasteiger partial charge in [-0.15, -0.1) is 0 Å². The summed E-state index contributed by atoms with van der Waals surface area (Å²) in [4.78, 5) is 11.7. The minimum Gasteiger partial charge on any atom is -0.397 e. The first-order valence-electron chi connectivity index (χ1n) is 5.71. The molecule has 0 saturated heterocycles. The number of carbonyl (C=O) groups excluding carboxylic acids is 1. The van der Waals surface area contributed by atoms with Gasteiger partial charge in [0, 0.05) is 12.1 Å². The van der Waals surface area contributed by atoms with Crippen molar-refractivity contribution in [1.82, 2.24) is 5.32 Å². The molecule has 0 spiro atoms. The van der Waals surface area contributed by atoms with Crippen molar-refractivity contribution in [3.63, 3.8) is 0 Å². The Kier molecular flexibility index (Phi) is 5.05. The Hall–Kier alpha value is -1.43. The van der Waals surface area contributed by atoms with E-state index < -0.39 is 23.3 Å². The highest BCUT2D eigenvalue weighted by Crippen LogP contribution is 2.37. The van der Waals surface area contributed by atoms with Crippen LogP contribution >= 0.6 is 11.6 Å². The van der Waals surface area contributed by atoms with E-state index in [1.54, 1.807) is 0 Å². The van der Waals surface area contributed by atoms with Gasteiger partial charge in [0.25, 0.3) is 5.91 Å². The first kappa shape index (κ1) is 15.6. The fourth-order valence-electron chi connectivity index (χ4n) is 1.46. The zero-order chi connectivity index (χ0) is 14.6. The van der Waals surface area contributed by atoms with Crippen molar-refractivity contribution in [3.8, 4) is 0 Å². The van der Waals surface area contributed by atoms with Gasteiger partial charge in [0.15, 0.2) is 0 Å². The molecule has 0 heterocycles. The minimum atomic E-state index is -4.65. The first-order chi connectivity index (χ1) is 8.77. The summed E-state index contributed by atoms with van der Waals surface area (Å²) in [5, 5.41) is 2.24. The molecule has 0 radical (unpaired) electrons. The molecule has 0 fully saturated rings. The van der Waals surface area contributed by atoms with Crippen LogP contribution in [0.2, 0.25) is 5.02 Å². The molecule has 0 aliphatic heterocycles. The predicted octanol–water partition coefficient (Wildman–Crippen LogP) is 3.47. The van der Waals surface area contributed by atoms with Crippen molar-refractivity contribution in [2.24, 2.45) is 0 Å². The molecule has 19 heavy (non-hydrogen) atoms. The fraction of sp³-hybridized carbons (Fsp3) is 0.417. The quantitative estimate of drug-likeness (QED) is 0.660. The Morgan fingerprint density at radius 2 is 2.05 bits per heavy atom. The summed E-state index contributed by atoms with van der Waals surface area (Å²) in [6.45, 7) is 2.34. The number of benzene rings is 1. The molecule has 1 amide bonds. The number of alkyl halides is 3. The number of unbranched alkanes of at least 4 members (excludes halogenated alkanes) is 1. The van der Waals surface area contributed by atoms with Crippen LogP contribution in [0.4, 0.5) is 18.9 Å². The maximum Gasteiger partial charge on any atom is 0.418 e. The standard InChI is InChI=1S/C12H14ClF3N2O/c1-2-3-4-18-11(19)7-5-8(12(14,15)16)10(17)9(13)6-7/h5-6H,2-4,17H2,1H3,(H,18,19). The van der Waals surface area contributed by atoms with Crippen LogP contribution in [0.15, 0.2) is 12.1 Å². The van der Waals surface area contributed by atoms with E-state index in [1.807, 2.05) is 6.92 Å². The lowest BCUT2D eigenvalue weighted by Crippen LogP contribution is -2.25. The van der Waals surface area contributed by atoms with Crippen LogP contribution in [0.25, 0.3) is 0 Å². The van der Waals surface area contributed by atoms with Crippen LogP contribution in [-0.4, -0.2) is 12.5 Å². The van der Waals surface area contributed by atoms with Gasteiger partial charge in [-0.3, -0.25) is 4.79 Å². The number of carbonyl (C=O) groups is 1. The van der Waals surface area contributed by atoms with Gasteiger partial charge < -0.3 is 11.1 Å². The topological polar surface area (TPSA) is 55.1 Å². The van der Waals surface area contributed by atoms with Crippen molar-refractivity contribution in [2.45, 2.75) is 25.9 Å². The molecule has 0 unspecified atom stereocenters. The van der Waals surface area contributed by atoms with Crippen LogP contribution in [-0.2, 0) is 6.18 Å². The van der Waals surface area contributed by atoms with Crippen molar-refractivity contribution in [3.05, 3.63) is 28.3 Å². The average molecular weight is 295 g/mol. The third-order valence-corrected chi connectivity index (χ3v) is 2.83. The van der Waals surface area contributed by atoms with Crippen molar-refractivity contribution >= 4 is 23.2 Å². The molecule has 0 aromatic heterocycles. The highest BCUT2D eigenvalue weighted by atomic mass is 35.5. The lowest BCUT2D eigenvalue weighted by Gasteiger charge is -2.13. The average Bonchev–Trinajstić information content (AvgIpc) is 2.31. The third kappa shape index (κ3) is 4.02. The molecular formula is C12H14ClF3N2O. The molecule has 0 saturated carbocycles. The summed E-state index contributed by atoms with van der Waals surface area (Å²) in [6, 6.07) is 1.84. The Balaban J connectivity index is 3.03. The van der Waals surface area contributed by atoms with Gasteiger partial charge in [0.05, 0.1) is 16.3 Å². The highest BCUT2D eigenvalue weighted by Gasteiger charge is 2.34. The van der Waals surface area contributed by atoms with Crippen LogP contribution in [0.5, 0.6) is 0 Å². The Bertz CT molecular complexity index is 475. The molecule has 0 aliphatic carbocycles. The Labute approximate surface area is 113 Å². The third-order valence-electron chi connectivity index (χ3n) is 2.51. The fourth-order valence-corrected chi connectivity index (χ4v) is 1.68. The molecule has 3 nitrogen and oxygen atoms in total. The number of hydrogen-bond donors (Lipinski definition) is 2. The molecule has 0 atom stereocenters. The minimum absolute atomic E-state index is 0.150. The largest absolute Gasteiger partial charge is 0.418 e. The number of nitrogen functional groups attached to an aromatic ring is 1. The summed E-state index contributed by atoms with van der Waals surface area (Å²) in [5.41, 5.74) is 3.46. The van der Waals surface area contributed by atoms with Gasteiger partial charge in [0.2, 0.25) is 0 Å². The van der Waals surface area contributed by atoms with Crippen molar-refractivity contribution < 1.29 is 18.0 Å². The maximum absolute atomic E-state index is 12.7. The summed E-state index contributed by atoms with van der Waals surface area (Å²) in [5.74, 6) is -0.596. The van der Waals surface area contributed by atoms with Gasteiger partial charge in [-0.1, -0.05) is 24.9 Å². The van der Waals surface area contributed by atoms with E-state index in [9.17, 15) is 18.0 Å². The van der Waals surface area contributed by atoms with Gasteiger partial charge in [-0.25, -0.2) is 0 Å². The number of hydrogen-bond acceptors (Lipinski definition) is 2. The molecule has 0 aliphatic rings. The van der Waals surface area contributed by atoms with Gasteiger partial charge in [-0.05, 0) is 18.6 Å². The van der Waals surface area contributed by atoms with Gasteiger partial charge in [-0.2, -0.15) is 13.2 Å². The predicted molar refractivity (Wildman–Crippen MR) is 68.1 cm³/mol. The normalized spacial score (nSPS) is 11.4. The second-order valence-electron chi connectivity index (χ2n) is 4.03. The van der Waals surface area contributed by atoms with Gasteiger partial charge in [0.1, 0.15) is 0 Å². The Morgan fingerprint density at radius 3 is 2.58 bits per heavy atom. The molecule has 0 bridgehead atoms. The zero-order valence-corrected chi connectivity index (χ0v) is 11.0.